The van der Waals surface area contributed by atoms with Gasteiger partial charge in [-0.25, -0.2) is 9.59 Å². The van der Waals surface area contributed by atoms with Crippen LogP contribution in [-0.2, 0) is 14.3 Å². The summed E-state index contributed by atoms with van der Waals surface area (Å²) in [6.45, 7) is 2.54. The number of benzene rings is 3. The Morgan fingerprint density at radius 1 is 0.769 bits per heavy atom. The van der Waals surface area contributed by atoms with Crippen molar-refractivity contribution in [1.82, 2.24) is 0 Å². The monoisotopic (exact) mass is 532 g/mol. The van der Waals surface area contributed by atoms with Crippen LogP contribution in [0.2, 0.25) is 0 Å². The molecule has 3 rings (SSSR count). The lowest BCUT2D eigenvalue weighted by Gasteiger charge is -2.08. The van der Waals surface area contributed by atoms with Crippen LogP contribution >= 0.6 is 0 Å². The molecule has 0 amide bonds. The van der Waals surface area contributed by atoms with Crippen LogP contribution in [0.3, 0.4) is 0 Å². The molecule has 3 aromatic carbocycles. The molecule has 0 aliphatic heterocycles. The molecule has 0 radical (unpaired) electrons. The lowest BCUT2D eigenvalue weighted by atomic mass is 10.2. The van der Waals surface area contributed by atoms with Gasteiger partial charge in [-0.2, -0.15) is 0 Å². The molecule has 9 nitrogen and oxygen atoms in total. The number of ether oxygens (including phenoxy) is 4. The van der Waals surface area contributed by atoms with E-state index in [0.717, 1.165) is 18.4 Å². The van der Waals surface area contributed by atoms with Crippen LogP contribution in [0.5, 0.6) is 17.2 Å². The third kappa shape index (κ3) is 10.2. The first kappa shape index (κ1) is 28.8. The van der Waals surface area contributed by atoms with Gasteiger partial charge < -0.3 is 30.4 Å². The van der Waals surface area contributed by atoms with Gasteiger partial charge in [0.2, 0.25) is 0 Å². The third-order valence-electron chi connectivity index (χ3n) is 5.30. The van der Waals surface area contributed by atoms with E-state index in [-0.39, 0.29) is 12.6 Å². The number of unbranched alkanes of at least 4 members (excludes halogenated alkanes) is 1. The van der Waals surface area contributed by atoms with Crippen LogP contribution < -0.4 is 25.7 Å². The fourth-order valence-electron chi connectivity index (χ4n) is 3.36. The molecule has 0 atom stereocenters. The highest BCUT2D eigenvalue weighted by Gasteiger charge is 2.09. The normalized spacial score (nSPS) is 10.7. The zero-order chi connectivity index (χ0) is 28.0. The number of hydrogen-bond donors (Lipinski definition) is 2. The van der Waals surface area contributed by atoms with Crippen molar-refractivity contribution < 1.29 is 33.3 Å². The van der Waals surface area contributed by atoms with E-state index in [2.05, 4.69) is 0 Å². The molecule has 0 heterocycles. The summed E-state index contributed by atoms with van der Waals surface area (Å²) in [7, 11) is 0. The van der Waals surface area contributed by atoms with E-state index < -0.39 is 11.9 Å². The maximum atomic E-state index is 12.1. The second-order valence-electron chi connectivity index (χ2n) is 8.60. The van der Waals surface area contributed by atoms with E-state index in [4.69, 9.17) is 30.4 Å². The summed E-state index contributed by atoms with van der Waals surface area (Å²) in [6, 6.07) is 18.0. The Labute approximate surface area is 227 Å². The van der Waals surface area contributed by atoms with Gasteiger partial charge in [-0.1, -0.05) is 25.5 Å². The average molecular weight is 533 g/mol. The smallest absolute Gasteiger partial charge is 0.338 e. The molecule has 0 aliphatic carbocycles. The molecule has 0 spiro atoms. The van der Waals surface area contributed by atoms with E-state index in [1.165, 1.54) is 18.2 Å². The van der Waals surface area contributed by atoms with Crippen LogP contribution in [0.15, 0.2) is 72.8 Å². The topological polar surface area (TPSA) is 140 Å². The Hall–Kier alpha value is -4.79. The summed E-state index contributed by atoms with van der Waals surface area (Å²) in [5.74, 6) is 0.0492. The molecule has 3 aromatic rings. The number of hydrogen-bond acceptors (Lipinski definition) is 9. The maximum Gasteiger partial charge on any atom is 0.338 e. The predicted molar refractivity (Wildman–Crippen MR) is 148 cm³/mol. The molecule has 0 bridgehead atoms. The molecule has 0 fully saturated rings. The lowest BCUT2D eigenvalue weighted by molar-refractivity contribution is -0.134. The molecular formula is C30H32N2O7. The van der Waals surface area contributed by atoms with Crippen LogP contribution in [-0.4, -0.2) is 31.1 Å². The molecular weight excluding hydrogens is 500 g/mol. The van der Waals surface area contributed by atoms with Crippen LogP contribution in [0.4, 0.5) is 11.4 Å². The van der Waals surface area contributed by atoms with Crippen molar-refractivity contribution in [2.75, 3.05) is 24.7 Å². The second kappa shape index (κ2) is 14.8. The molecule has 0 saturated heterocycles. The van der Waals surface area contributed by atoms with Gasteiger partial charge in [0.15, 0.2) is 0 Å². The first-order chi connectivity index (χ1) is 18.8. The fraction of sp³-hybridized carbons (Fsp3) is 0.233. The Bertz CT molecular complexity index is 1270. The second-order valence-corrected chi connectivity index (χ2v) is 8.60. The number of nitrogen functional groups attached to an aromatic ring is 2. The average Bonchev–Trinajstić information content (AvgIpc) is 2.91. The lowest BCUT2D eigenvalue weighted by Crippen LogP contribution is -2.10. The summed E-state index contributed by atoms with van der Waals surface area (Å²) in [5.41, 5.74) is 13.3. The number of esters is 3. The highest BCUT2D eigenvalue weighted by atomic mass is 16.5. The molecule has 0 aliphatic rings. The zero-order valence-electron chi connectivity index (χ0n) is 21.8. The molecule has 9 heteroatoms. The summed E-state index contributed by atoms with van der Waals surface area (Å²) in [4.78, 5) is 35.9. The van der Waals surface area contributed by atoms with Crippen molar-refractivity contribution in [2.45, 2.75) is 32.6 Å². The van der Waals surface area contributed by atoms with Crippen LogP contribution in [0, 0.1) is 0 Å². The van der Waals surface area contributed by atoms with Gasteiger partial charge in [-0.15, -0.1) is 0 Å². The first-order valence-electron chi connectivity index (χ1n) is 12.6. The van der Waals surface area contributed by atoms with E-state index >= 15 is 0 Å². The van der Waals surface area contributed by atoms with E-state index in [9.17, 15) is 14.4 Å². The van der Waals surface area contributed by atoms with Gasteiger partial charge >= 0.3 is 17.9 Å². The van der Waals surface area contributed by atoms with Gasteiger partial charge in [-0.05, 0) is 72.7 Å². The van der Waals surface area contributed by atoms with Crippen molar-refractivity contribution in [3.05, 3.63) is 83.9 Å². The van der Waals surface area contributed by atoms with Gasteiger partial charge in [0.25, 0.3) is 0 Å². The SMILES string of the molecule is CCCCC(=O)Oc1ccc(OC(=O)/C=C/c2ccc(OCCCOC(=O)c3cc(N)cc(N)c3)cc2)cc1. The Kier molecular flexibility index (Phi) is 10.9. The molecule has 204 valence electrons. The highest BCUT2D eigenvalue weighted by molar-refractivity contribution is 5.91. The van der Waals surface area contributed by atoms with Crippen molar-refractivity contribution in [1.29, 1.82) is 0 Å². The molecule has 0 unspecified atom stereocenters. The first-order valence-corrected chi connectivity index (χ1v) is 12.6. The Morgan fingerprint density at radius 3 is 2.03 bits per heavy atom. The number of anilines is 2. The summed E-state index contributed by atoms with van der Waals surface area (Å²) in [6.07, 6.45) is 5.50. The Balaban J connectivity index is 1.36. The molecule has 0 saturated carbocycles. The van der Waals surface area contributed by atoms with E-state index in [0.29, 0.717) is 53.6 Å². The minimum Gasteiger partial charge on any atom is -0.493 e. The van der Waals surface area contributed by atoms with Crippen molar-refractivity contribution >= 4 is 35.4 Å². The van der Waals surface area contributed by atoms with Crippen molar-refractivity contribution in [2.24, 2.45) is 0 Å². The van der Waals surface area contributed by atoms with Crippen molar-refractivity contribution in [3.63, 3.8) is 0 Å². The number of rotatable bonds is 13. The molecule has 4 N–H and O–H groups in total. The number of carbonyl (C=O) groups excluding carboxylic acids is 3. The van der Waals surface area contributed by atoms with Gasteiger partial charge in [0.1, 0.15) is 17.2 Å². The predicted octanol–water partition coefficient (Wildman–Crippen LogP) is 5.19. The quantitative estimate of drug-likeness (QED) is 0.1000. The van der Waals surface area contributed by atoms with Gasteiger partial charge in [0, 0.05) is 30.3 Å². The minimum absolute atomic E-state index is 0.184. The summed E-state index contributed by atoms with van der Waals surface area (Å²) < 4.78 is 21.4. The largest absolute Gasteiger partial charge is 0.493 e. The summed E-state index contributed by atoms with van der Waals surface area (Å²) in [5, 5.41) is 0. The van der Waals surface area contributed by atoms with Gasteiger partial charge in [0.05, 0.1) is 18.8 Å². The molecule has 39 heavy (non-hydrogen) atoms. The van der Waals surface area contributed by atoms with Crippen molar-refractivity contribution in [3.8, 4) is 17.2 Å². The number of nitrogens with two attached hydrogens (primary N) is 2. The highest BCUT2D eigenvalue weighted by Crippen LogP contribution is 2.19. The van der Waals surface area contributed by atoms with Gasteiger partial charge in [-0.3, -0.25) is 4.79 Å². The Morgan fingerprint density at radius 2 is 1.38 bits per heavy atom. The standard InChI is InChI=1S/C30H32N2O7/c1-2-3-5-28(33)38-26-11-13-27(14-12-26)39-29(34)15-8-21-6-9-25(10-7-21)36-16-4-17-37-30(35)22-18-23(31)20-24(32)19-22/h6-15,18-20H,2-5,16-17,31-32H2,1H3/b15-8+. The fourth-order valence-corrected chi connectivity index (χ4v) is 3.36. The van der Waals surface area contributed by atoms with Crippen LogP contribution in [0.1, 0.15) is 48.5 Å². The minimum atomic E-state index is -0.543. The third-order valence-corrected chi connectivity index (χ3v) is 5.30. The zero-order valence-corrected chi connectivity index (χ0v) is 21.8. The summed E-state index contributed by atoms with van der Waals surface area (Å²) >= 11 is 0. The number of carbonyl (C=O) groups is 3. The molecule has 0 aromatic heterocycles. The van der Waals surface area contributed by atoms with E-state index in [1.807, 2.05) is 6.92 Å². The maximum absolute atomic E-state index is 12.1. The van der Waals surface area contributed by atoms with Crippen LogP contribution in [0.25, 0.3) is 6.08 Å². The van der Waals surface area contributed by atoms with E-state index in [1.54, 1.807) is 60.7 Å².